The first-order valence-electron chi connectivity index (χ1n) is 8.58. The van der Waals surface area contributed by atoms with Gasteiger partial charge in [0, 0.05) is 12.1 Å². The van der Waals surface area contributed by atoms with E-state index in [0.29, 0.717) is 11.1 Å². The molecule has 0 bridgehead atoms. The van der Waals surface area contributed by atoms with Gasteiger partial charge < -0.3 is 9.32 Å². The molecule has 4 rings (SSSR count). The molecule has 2 aromatic heterocycles. The van der Waals surface area contributed by atoms with Crippen LogP contribution in [0.25, 0.3) is 11.1 Å². The molecule has 3 aromatic rings. The number of hydrogen-bond acceptors (Lipinski definition) is 5. The second-order valence-corrected chi connectivity index (χ2v) is 6.84. The Morgan fingerprint density at radius 2 is 1.97 bits per heavy atom. The first-order chi connectivity index (χ1) is 13.6. The fourth-order valence-corrected chi connectivity index (χ4v) is 3.49. The zero-order valence-corrected chi connectivity index (χ0v) is 15.0. The lowest BCUT2D eigenvalue weighted by atomic mass is 10.1. The quantitative estimate of drug-likeness (QED) is 0.558. The van der Waals surface area contributed by atoms with Crippen LogP contribution in [-0.4, -0.2) is 22.4 Å². The van der Waals surface area contributed by atoms with Gasteiger partial charge in [-0.05, 0) is 25.1 Å². The van der Waals surface area contributed by atoms with Crippen molar-refractivity contribution in [2.24, 2.45) is 0 Å². The monoisotopic (exact) mass is 408 g/mol. The Kier molecular flexibility index (Phi) is 4.22. The Bertz CT molecular complexity index is 1100. The molecule has 1 saturated heterocycles. The molecule has 150 valence electrons. The molecule has 1 atom stereocenters. The third-order valence-electron chi connectivity index (χ3n) is 4.68. The summed E-state index contributed by atoms with van der Waals surface area (Å²) in [4.78, 5) is 9.18. The van der Waals surface area contributed by atoms with Gasteiger partial charge in [-0.2, -0.15) is 18.4 Å². The zero-order chi connectivity index (χ0) is 21.0. The minimum Gasteiger partial charge on any atom is -0.438 e. The van der Waals surface area contributed by atoms with E-state index in [4.69, 9.17) is 4.42 Å². The summed E-state index contributed by atoms with van der Waals surface area (Å²) in [6, 6.07) is 7.66. The van der Waals surface area contributed by atoms with E-state index in [2.05, 4.69) is 9.97 Å². The molecule has 1 fully saturated rings. The smallest absolute Gasteiger partial charge is 0.417 e. The predicted octanol–water partition coefficient (Wildman–Crippen LogP) is 5.01. The van der Waals surface area contributed by atoms with Gasteiger partial charge in [0.2, 0.25) is 5.89 Å². The summed E-state index contributed by atoms with van der Waals surface area (Å²) in [6.07, 6.45) is -5.55. The van der Waals surface area contributed by atoms with E-state index >= 15 is 0 Å². The molecule has 1 aliphatic heterocycles. The molecular formula is C19H13F5N4O. The Morgan fingerprint density at radius 1 is 1.24 bits per heavy atom. The molecule has 1 aliphatic rings. The van der Waals surface area contributed by atoms with Crippen LogP contribution in [0.2, 0.25) is 0 Å². The number of hydrogen-bond donors (Lipinski definition) is 0. The number of alkyl halides is 5. The number of aromatic nitrogens is 2. The largest absolute Gasteiger partial charge is 0.438 e. The third-order valence-corrected chi connectivity index (χ3v) is 4.68. The molecule has 29 heavy (non-hydrogen) atoms. The third kappa shape index (κ3) is 3.37. The maximum atomic E-state index is 14.3. The van der Waals surface area contributed by atoms with Crippen molar-refractivity contribution in [3.8, 4) is 6.07 Å². The maximum Gasteiger partial charge on any atom is 0.417 e. The standard InChI is InChI=1S/C19H13F5N4O/c1-10-6-12(19(22,23)24)11(8-25)16(26-10)28-9-18(20,21)7-14(28)17-27-13-4-2-3-5-15(13)29-17/h2-6,14H,7,9H2,1H3/t14-/m0/s1. The van der Waals surface area contributed by atoms with Crippen molar-refractivity contribution in [2.45, 2.75) is 31.5 Å². The summed E-state index contributed by atoms with van der Waals surface area (Å²) < 4.78 is 74.4. The van der Waals surface area contributed by atoms with Crippen LogP contribution in [0.1, 0.15) is 35.2 Å². The summed E-state index contributed by atoms with van der Waals surface area (Å²) in [5.41, 5.74) is -1.26. The van der Waals surface area contributed by atoms with Crippen LogP contribution < -0.4 is 4.90 Å². The van der Waals surface area contributed by atoms with Crippen molar-refractivity contribution < 1.29 is 26.4 Å². The van der Waals surface area contributed by atoms with Gasteiger partial charge in [0.25, 0.3) is 5.92 Å². The number of aryl methyl sites for hydroxylation is 1. The highest BCUT2D eigenvalue weighted by Crippen LogP contribution is 2.46. The highest BCUT2D eigenvalue weighted by atomic mass is 19.4. The molecule has 0 N–H and O–H groups in total. The van der Waals surface area contributed by atoms with Gasteiger partial charge in [0.05, 0.1) is 12.1 Å². The molecule has 0 saturated carbocycles. The average molecular weight is 408 g/mol. The van der Waals surface area contributed by atoms with E-state index in [1.807, 2.05) is 0 Å². The molecule has 0 unspecified atom stereocenters. The van der Waals surface area contributed by atoms with Gasteiger partial charge in [-0.25, -0.2) is 18.7 Å². The summed E-state index contributed by atoms with van der Waals surface area (Å²) in [7, 11) is 0. The van der Waals surface area contributed by atoms with E-state index in [1.54, 1.807) is 24.3 Å². The van der Waals surface area contributed by atoms with Crippen LogP contribution in [0.5, 0.6) is 0 Å². The topological polar surface area (TPSA) is 66.0 Å². The van der Waals surface area contributed by atoms with E-state index in [0.717, 1.165) is 11.0 Å². The minimum atomic E-state index is -4.83. The molecule has 0 amide bonds. The number of fused-ring (bicyclic) bond motifs is 1. The van der Waals surface area contributed by atoms with E-state index < -0.39 is 48.1 Å². The highest BCUT2D eigenvalue weighted by Gasteiger charge is 2.49. The van der Waals surface area contributed by atoms with Crippen LogP contribution in [0.15, 0.2) is 34.7 Å². The number of rotatable bonds is 2. The Hall–Kier alpha value is -3.22. The summed E-state index contributed by atoms with van der Waals surface area (Å²) in [6.45, 7) is 0.404. The maximum absolute atomic E-state index is 14.3. The number of nitriles is 1. The molecular weight excluding hydrogens is 395 g/mol. The normalized spacial score (nSPS) is 18.9. The molecule has 5 nitrogen and oxygen atoms in total. The van der Waals surface area contributed by atoms with E-state index in [-0.39, 0.29) is 11.6 Å². The van der Waals surface area contributed by atoms with Crippen molar-refractivity contribution in [3.05, 3.63) is 53.0 Å². The lowest BCUT2D eigenvalue weighted by Gasteiger charge is -2.25. The molecule has 10 heteroatoms. The Balaban J connectivity index is 1.88. The molecule has 3 heterocycles. The van der Waals surface area contributed by atoms with Gasteiger partial charge in [0.1, 0.15) is 29.0 Å². The summed E-state index contributed by atoms with van der Waals surface area (Å²) in [5.74, 6) is -3.74. The fourth-order valence-electron chi connectivity index (χ4n) is 3.49. The van der Waals surface area contributed by atoms with E-state index in [1.165, 1.54) is 13.0 Å². The number of anilines is 1. The lowest BCUT2D eigenvalue weighted by molar-refractivity contribution is -0.137. The van der Waals surface area contributed by atoms with Crippen LogP contribution >= 0.6 is 0 Å². The molecule has 0 spiro atoms. The molecule has 1 aromatic carbocycles. The van der Waals surface area contributed by atoms with Crippen molar-refractivity contribution in [1.82, 2.24) is 9.97 Å². The first kappa shape index (κ1) is 19.1. The van der Waals surface area contributed by atoms with Crippen molar-refractivity contribution in [2.75, 3.05) is 11.4 Å². The van der Waals surface area contributed by atoms with Crippen molar-refractivity contribution in [3.63, 3.8) is 0 Å². The number of halogens is 5. The zero-order valence-electron chi connectivity index (χ0n) is 15.0. The highest BCUT2D eigenvalue weighted by molar-refractivity contribution is 5.72. The SMILES string of the molecule is Cc1cc(C(F)(F)F)c(C#N)c(N2CC(F)(F)C[C@H]2c2nc3ccccc3o2)n1. The number of nitrogens with zero attached hydrogens (tertiary/aromatic N) is 4. The number of para-hydroxylation sites is 2. The second-order valence-electron chi connectivity index (χ2n) is 6.84. The predicted molar refractivity (Wildman–Crippen MR) is 92.4 cm³/mol. The number of benzene rings is 1. The Morgan fingerprint density at radius 3 is 2.62 bits per heavy atom. The van der Waals surface area contributed by atoms with Crippen molar-refractivity contribution >= 4 is 16.9 Å². The average Bonchev–Trinajstić information content (AvgIpc) is 3.20. The fraction of sp³-hybridized carbons (Fsp3) is 0.316. The van der Waals surface area contributed by atoms with Crippen molar-refractivity contribution in [1.29, 1.82) is 5.26 Å². The van der Waals surface area contributed by atoms with Crippen LogP contribution in [-0.2, 0) is 6.18 Å². The Labute approximate surface area is 161 Å². The molecule has 0 aliphatic carbocycles. The van der Waals surface area contributed by atoms with E-state index in [9.17, 15) is 27.2 Å². The molecule has 0 radical (unpaired) electrons. The van der Waals surface area contributed by atoms with Gasteiger partial charge in [-0.1, -0.05) is 12.1 Å². The lowest BCUT2D eigenvalue weighted by Crippen LogP contribution is -2.29. The minimum absolute atomic E-state index is 0.0437. The van der Waals surface area contributed by atoms with Crippen LogP contribution in [0.3, 0.4) is 0 Å². The first-order valence-corrected chi connectivity index (χ1v) is 8.58. The number of pyridine rings is 1. The number of oxazole rings is 1. The summed E-state index contributed by atoms with van der Waals surface area (Å²) >= 11 is 0. The van der Waals surface area contributed by atoms with Gasteiger partial charge in [0.15, 0.2) is 5.58 Å². The van der Waals surface area contributed by atoms with Crippen LogP contribution in [0, 0.1) is 18.3 Å². The van der Waals surface area contributed by atoms with Gasteiger partial charge >= 0.3 is 6.18 Å². The second kappa shape index (κ2) is 6.40. The van der Waals surface area contributed by atoms with Gasteiger partial charge in [-0.3, -0.25) is 0 Å². The van der Waals surface area contributed by atoms with Crippen LogP contribution in [0.4, 0.5) is 27.8 Å². The summed E-state index contributed by atoms with van der Waals surface area (Å²) in [5, 5.41) is 9.37. The van der Waals surface area contributed by atoms with Gasteiger partial charge in [-0.15, -0.1) is 0 Å².